The second-order valence-electron chi connectivity index (χ2n) is 3.34. The second kappa shape index (κ2) is 6.75. The van der Waals surface area contributed by atoms with E-state index in [0.717, 1.165) is 6.42 Å². The van der Waals surface area contributed by atoms with E-state index in [0.29, 0.717) is 17.1 Å². The van der Waals surface area contributed by atoms with E-state index in [9.17, 15) is 9.59 Å². The van der Waals surface area contributed by atoms with Gasteiger partial charge in [0.1, 0.15) is 0 Å². The van der Waals surface area contributed by atoms with Crippen LogP contribution >= 0.6 is 11.6 Å². The van der Waals surface area contributed by atoms with Gasteiger partial charge in [-0.2, -0.15) is 0 Å². The fraction of sp³-hybridized carbons (Fsp3) is 0.273. The summed E-state index contributed by atoms with van der Waals surface area (Å²) in [5.41, 5.74) is 4.95. The van der Waals surface area contributed by atoms with Gasteiger partial charge in [-0.05, 0) is 30.7 Å². The molecule has 6 heteroatoms. The number of hydrazine groups is 1. The minimum atomic E-state index is -0.436. The zero-order valence-electron chi connectivity index (χ0n) is 9.42. The molecule has 17 heavy (non-hydrogen) atoms. The molecule has 3 amide bonds. The molecule has 0 radical (unpaired) electrons. The van der Waals surface area contributed by atoms with E-state index in [2.05, 4.69) is 16.2 Å². The van der Waals surface area contributed by atoms with Crippen LogP contribution in [0.5, 0.6) is 0 Å². The summed E-state index contributed by atoms with van der Waals surface area (Å²) in [6.45, 7) is 2.50. The largest absolute Gasteiger partial charge is 0.337 e. The Morgan fingerprint density at radius 1 is 1.18 bits per heavy atom. The van der Waals surface area contributed by atoms with Gasteiger partial charge in [-0.3, -0.25) is 10.2 Å². The average Bonchev–Trinajstić information content (AvgIpc) is 2.34. The van der Waals surface area contributed by atoms with E-state index in [1.54, 1.807) is 24.3 Å². The molecule has 0 unspecified atom stereocenters. The van der Waals surface area contributed by atoms with Crippen molar-refractivity contribution in [1.29, 1.82) is 0 Å². The molecule has 1 aromatic rings. The number of amides is 3. The highest BCUT2D eigenvalue weighted by atomic mass is 35.5. The molecule has 0 heterocycles. The highest BCUT2D eigenvalue weighted by Gasteiger charge is 2.06. The summed E-state index contributed by atoms with van der Waals surface area (Å²) in [6, 6.07) is 5.92. The van der Waals surface area contributed by atoms with Crippen molar-refractivity contribution >= 4 is 23.5 Å². The Kier molecular flexibility index (Phi) is 5.29. The molecule has 5 nitrogen and oxygen atoms in total. The van der Waals surface area contributed by atoms with Crippen molar-refractivity contribution in [3.63, 3.8) is 0 Å². The lowest BCUT2D eigenvalue weighted by molar-refractivity contribution is 0.0936. The van der Waals surface area contributed by atoms with Crippen molar-refractivity contribution in [1.82, 2.24) is 16.2 Å². The van der Waals surface area contributed by atoms with E-state index in [1.165, 1.54) is 0 Å². The molecule has 0 saturated heterocycles. The van der Waals surface area contributed by atoms with E-state index < -0.39 is 11.9 Å². The second-order valence-corrected chi connectivity index (χ2v) is 3.78. The minimum absolute atomic E-state index is 0.395. The van der Waals surface area contributed by atoms with Crippen molar-refractivity contribution in [2.24, 2.45) is 0 Å². The van der Waals surface area contributed by atoms with Crippen LogP contribution in [0, 0.1) is 0 Å². The molecule has 1 aromatic carbocycles. The van der Waals surface area contributed by atoms with Crippen LogP contribution in [0.3, 0.4) is 0 Å². The number of nitrogens with one attached hydrogen (secondary N) is 3. The summed E-state index contributed by atoms with van der Waals surface area (Å²) >= 11 is 5.69. The molecule has 0 bridgehead atoms. The summed E-state index contributed by atoms with van der Waals surface area (Å²) in [6.07, 6.45) is 0.832. The van der Waals surface area contributed by atoms with Gasteiger partial charge < -0.3 is 5.32 Å². The molecule has 0 aliphatic carbocycles. The number of hydrogen-bond acceptors (Lipinski definition) is 2. The highest BCUT2D eigenvalue weighted by Crippen LogP contribution is 2.08. The number of benzene rings is 1. The maximum Gasteiger partial charge on any atom is 0.333 e. The third-order valence-corrected chi connectivity index (χ3v) is 2.18. The zero-order valence-corrected chi connectivity index (χ0v) is 10.2. The first-order valence-electron chi connectivity index (χ1n) is 5.23. The number of rotatable bonds is 3. The van der Waals surface area contributed by atoms with E-state index in [-0.39, 0.29) is 0 Å². The summed E-state index contributed by atoms with van der Waals surface area (Å²) < 4.78 is 0. The van der Waals surface area contributed by atoms with Crippen LogP contribution in [0.2, 0.25) is 5.02 Å². The molecule has 0 aliphatic rings. The Balaban J connectivity index is 2.39. The molecule has 0 aromatic heterocycles. The SMILES string of the molecule is CCCNC(=O)NNC(=O)c1ccc(Cl)cc1. The smallest absolute Gasteiger partial charge is 0.333 e. The van der Waals surface area contributed by atoms with Gasteiger partial charge in [-0.1, -0.05) is 18.5 Å². The maximum absolute atomic E-state index is 11.5. The fourth-order valence-electron chi connectivity index (χ4n) is 1.07. The van der Waals surface area contributed by atoms with Gasteiger partial charge in [-0.25, -0.2) is 10.2 Å². The van der Waals surface area contributed by atoms with E-state index in [1.807, 2.05) is 6.92 Å². The molecule has 0 fully saturated rings. The van der Waals surface area contributed by atoms with Gasteiger partial charge in [0.05, 0.1) is 0 Å². The van der Waals surface area contributed by atoms with Crippen molar-refractivity contribution in [2.75, 3.05) is 6.54 Å². The lowest BCUT2D eigenvalue weighted by Gasteiger charge is -2.08. The Bertz CT molecular complexity index is 392. The first-order chi connectivity index (χ1) is 8.13. The molecule has 0 aliphatic heterocycles. The Morgan fingerprint density at radius 2 is 1.82 bits per heavy atom. The van der Waals surface area contributed by atoms with Crippen LogP contribution in [0.15, 0.2) is 24.3 Å². The van der Waals surface area contributed by atoms with Crippen LogP contribution in [-0.2, 0) is 0 Å². The van der Waals surface area contributed by atoms with E-state index in [4.69, 9.17) is 11.6 Å². The molecule has 92 valence electrons. The standard InChI is InChI=1S/C11H14ClN3O2/c1-2-7-13-11(17)15-14-10(16)8-3-5-9(12)6-4-8/h3-6H,2,7H2,1H3,(H,14,16)(H2,13,15,17). The fourth-order valence-corrected chi connectivity index (χ4v) is 1.20. The summed E-state index contributed by atoms with van der Waals surface area (Å²) in [4.78, 5) is 22.7. The molecule has 0 saturated carbocycles. The average molecular weight is 256 g/mol. The number of hydrogen-bond donors (Lipinski definition) is 3. The van der Waals surface area contributed by atoms with Crippen LogP contribution in [-0.4, -0.2) is 18.5 Å². The van der Waals surface area contributed by atoms with Crippen LogP contribution in [0.25, 0.3) is 0 Å². The number of urea groups is 1. The number of carbonyl (C=O) groups excluding carboxylic acids is 2. The van der Waals surface area contributed by atoms with Gasteiger partial charge in [0.2, 0.25) is 0 Å². The molecule has 1 rings (SSSR count). The lowest BCUT2D eigenvalue weighted by atomic mass is 10.2. The predicted molar refractivity (Wildman–Crippen MR) is 65.7 cm³/mol. The lowest BCUT2D eigenvalue weighted by Crippen LogP contribution is -2.47. The van der Waals surface area contributed by atoms with Gasteiger partial charge in [0.15, 0.2) is 0 Å². The molecular weight excluding hydrogens is 242 g/mol. The third kappa shape index (κ3) is 4.74. The van der Waals surface area contributed by atoms with Crippen molar-refractivity contribution in [3.8, 4) is 0 Å². The van der Waals surface area contributed by atoms with Crippen molar-refractivity contribution in [3.05, 3.63) is 34.9 Å². The van der Waals surface area contributed by atoms with Crippen molar-refractivity contribution < 1.29 is 9.59 Å². The monoisotopic (exact) mass is 255 g/mol. The molecule has 0 spiro atoms. The molecule has 0 atom stereocenters. The topological polar surface area (TPSA) is 70.2 Å². The number of halogens is 1. The molecular formula is C11H14ClN3O2. The third-order valence-electron chi connectivity index (χ3n) is 1.93. The first-order valence-corrected chi connectivity index (χ1v) is 5.61. The Labute approximate surface area is 105 Å². The zero-order chi connectivity index (χ0) is 12.7. The van der Waals surface area contributed by atoms with Crippen LogP contribution < -0.4 is 16.2 Å². The van der Waals surface area contributed by atoms with Gasteiger partial charge in [0, 0.05) is 17.1 Å². The van der Waals surface area contributed by atoms with Crippen LogP contribution in [0.4, 0.5) is 4.79 Å². The normalized spacial score (nSPS) is 9.53. The van der Waals surface area contributed by atoms with Gasteiger partial charge in [0.25, 0.3) is 5.91 Å². The first kappa shape index (κ1) is 13.3. The van der Waals surface area contributed by atoms with Gasteiger partial charge >= 0.3 is 6.03 Å². The number of carbonyl (C=O) groups is 2. The summed E-state index contributed by atoms with van der Waals surface area (Å²) in [7, 11) is 0. The Hall–Kier alpha value is -1.75. The summed E-state index contributed by atoms with van der Waals surface area (Å²) in [5, 5.41) is 3.11. The summed E-state index contributed by atoms with van der Waals surface area (Å²) in [5.74, 6) is -0.395. The quantitative estimate of drug-likeness (QED) is 0.720. The van der Waals surface area contributed by atoms with Gasteiger partial charge in [-0.15, -0.1) is 0 Å². The maximum atomic E-state index is 11.5. The van der Waals surface area contributed by atoms with E-state index >= 15 is 0 Å². The predicted octanol–water partition coefficient (Wildman–Crippen LogP) is 1.69. The molecule has 3 N–H and O–H groups in total. The van der Waals surface area contributed by atoms with Crippen LogP contribution in [0.1, 0.15) is 23.7 Å². The highest BCUT2D eigenvalue weighted by molar-refractivity contribution is 6.30. The Morgan fingerprint density at radius 3 is 2.41 bits per heavy atom. The minimum Gasteiger partial charge on any atom is -0.337 e. The van der Waals surface area contributed by atoms with Crippen molar-refractivity contribution in [2.45, 2.75) is 13.3 Å².